The van der Waals surface area contributed by atoms with Gasteiger partial charge in [0.15, 0.2) is 0 Å². The van der Waals surface area contributed by atoms with Crippen molar-refractivity contribution in [2.24, 2.45) is 17.8 Å². The lowest BCUT2D eigenvalue weighted by Gasteiger charge is -2.41. The number of fused-ring (bicyclic) bond motifs is 1. The molecule has 1 unspecified atom stereocenters. The van der Waals surface area contributed by atoms with Gasteiger partial charge >= 0.3 is 0 Å². The maximum absolute atomic E-state index is 5.98. The SMILES string of the molecule is CC1CC[C@@H]2C[C@H](c3ccc(Cl)cc3)CC[C@@H]2C1. The van der Waals surface area contributed by atoms with Crippen molar-refractivity contribution >= 4 is 11.6 Å². The van der Waals surface area contributed by atoms with Gasteiger partial charge in [-0.1, -0.05) is 37.1 Å². The number of hydrogen-bond donors (Lipinski definition) is 0. The summed E-state index contributed by atoms with van der Waals surface area (Å²) in [5.74, 6) is 3.78. The lowest BCUT2D eigenvalue weighted by molar-refractivity contribution is 0.124. The van der Waals surface area contributed by atoms with Crippen LogP contribution in [-0.4, -0.2) is 0 Å². The molecule has 1 aromatic carbocycles. The van der Waals surface area contributed by atoms with Crippen LogP contribution in [0.25, 0.3) is 0 Å². The maximum atomic E-state index is 5.98. The Morgan fingerprint density at radius 1 is 0.889 bits per heavy atom. The third-order valence-electron chi connectivity index (χ3n) is 5.22. The van der Waals surface area contributed by atoms with E-state index in [9.17, 15) is 0 Å². The standard InChI is InChI=1S/C17H23Cl/c1-12-2-3-16-11-15(5-4-14(16)10-12)13-6-8-17(18)9-7-13/h6-9,12,14-16H,2-5,10-11H2,1H3/t12?,14-,15-,16-/m1/s1. The van der Waals surface area contributed by atoms with Crippen molar-refractivity contribution in [1.29, 1.82) is 0 Å². The van der Waals surface area contributed by atoms with E-state index >= 15 is 0 Å². The topological polar surface area (TPSA) is 0 Å². The largest absolute Gasteiger partial charge is 0.0843 e. The predicted molar refractivity (Wildman–Crippen MR) is 78.0 cm³/mol. The molecule has 0 aromatic heterocycles. The third-order valence-corrected chi connectivity index (χ3v) is 5.47. The van der Waals surface area contributed by atoms with Gasteiger partial charge in [0.2, 0.25) is 0 Å². The highest BCUT2D eigenvalue weighted by Gasteiger charge is 2.34. The van der Waals surface area contributed by atoms with Crippen LogP contribution in [0.15, 0.2) is 24.3 Å². The minimum absolute atomic E-state index is 0.789. The zero-order valence-electron chi connectivity index (χ0n) is 11.2. The second-order valence-electron chi connectivity index (χ2n) is 6.50. The van der Waals surface area contributed by atoms with Crippen LogP contribution < -0.4 is 0 Å². The molecule has 2 fully saturated rings. The van der Waals surface area contributed by atoms with Gasteiger partial charge < -0.3 is 0 Å². The van der Waals surface area contributed by atoms with E-state index in [0.29, 0.717) is 0 Å². The summed E-state index contributed by atoms with van der Waals surface area (Å²) < 4.78 is 0. The molecule has 0 radical (unpaired) electrons. The van der Waals surface area contributed by atoms with Crippen molar-refractivity contribution in [1.82, 2.24) is 0 Å². The zero-order chi connectivity index (χ0) is 12.5. The number of hydrogen-bond acceptors (Lipinski definition) is 0. The van der Waals surface area contributed by atoms with Crippen molar-refractivity contribution in [3.63, 3.8) is 0 Å². The Bertz CT molecular complexity index is 395. The minimum atomic E-state index is 0.789. The van der Waals surface area contributed by atoms with E-state index in [1.54, 1.807) is 0 Å². The lowest BCUT2D eigenvalue weighted by atomic mass is 9.64. The van der Waals surface area contributed by atoms with Crippen molar-refractivity contribution in [2.45, 2.75) is 51.4 Å². The van der Waals surface area contributed by atoms with Gasteiger partial charge in [-0.2, -0.15) is 0 Å². The van der Waals surface area contributed by atoms with Gasteiger partial charge in [-0.05, 0) is 73.5 Å². The van der Waals surface area contributed by atoms with E-state index in [1.807, 2.05) is 12.1 Å². The normalized spacial score (nSPS) is 36.1. The summed E-state index contributed by atoms with van der Waals surface area (Å²) in [5, 5.41) is 0.860. The summed E-state index contributed by atoms with van der Waals surface area (Å²) in [6.07, 6.45) is 8.65. The molecule has 0 heterocycles. The Morgan fingerprint density at radius 2 is 1.56 bits per heavy atom. The fraction of sp³-hybridized carbons (Fsp3) is 0.647. The van der Waals surface area contributed by atoms with Crippen LogP contribution >= 0.6 is 11.6 Å². The Kier molecular flexibility index (Phi) is 3.66. The molecule has 3 rings (SSSR count). The van der Waals surface area contributed by atoms with Gasteiger partial charge in [0.25, 0.3) is 0 Å². The van der Waals surface area contributed by atoms with Crippen LogP contribution in [0, 0.1) is 17.8 Å². The van der Waals surface area contributed by atoms with Crippen molar-refractivity contribution in [3.8, 4) is 0 Å². The Balaban J connectivity index is 1.68. The van der Waals surface area contributed by atoms with Crippen molar-refractivity contribution < 1.29 is 0 Å². The second-order valence-corrected chi connectivity index (χ2v) is 6.94. The van der Waals surface area contributed by atoms with E-state index in [-0.39, 0.29) is 0 Å². The average molecular weight is 263 g/mol. The van der Waals surface area contributed by atoms with Crippen LogP contribution in [0.2, 0.25) is 5.02 Å². The third kappa shape index (κ3) is 2.59. The molecule has 2 aliphatic rings. The average Bonchev–Trinajstić information content (AvgIpc) is 2.39. The van der Waals surface area contributed by atoms with Gasteiger partial charge in [0.1, 0.15) is 0 Å². The monoisotopic (exact) mass is 262 g/mol. The first-order valence-electron chi connectivity index (χ1n) is 7.48. The summed E-state index contributed by atoms with van der Waals surface area (Å²) in [6.45, 7) is 2.43. The van der Waals surface area contributed by atoms with Gasteiger partial charge in [0.05, 0.1) is 0 Å². The van der Waals surface area contributed by atoms with Crippen LogP contribution in [0.3, 0.4) is 0 Å². The first-order chi connectivity index (χ1) is 8.72. The molecule has 0 nitrogen and oxygen atoms in total. The van der Waals surface area contributed by atoms with Crippen LogP contribution in [0.5, 0.6) is 0 Å². The molecule has 0 spiro atoms. The smallest absolute Gasteiger partial charge is 0.0406 e. The highest BCUT2D eigenvalue weighted by molar-refractivity contribution is 6.30. The molecular weight excluding hydrogens is 240 g/mol. The molecule has 0 saturated heterocycles. The molecule has 4 atom stereocenters. The van der Waals surface area contributed by atoms with Gasteiger partial charge in [-0.25, -0.2) is 0 Å². The Hall–Kier alpha value is -0.490. The lowest BCUT2D eigenvalue weighted by Crippen LogP contribution is -2.29. The zero-order valence-corrected chi connectivity index (χ0v) is 12.0. The Labute approximate surface area is 116 Å². The molecule has 2 saturated carbocycles. The molecule has 0 bridgehead atoms. The summed E-state index contributed by atoms with van der Waals surface area (Å²) in [4.78, 5) is 0. The number of benzene rings is 1. The highest BCUT2D eigenvalue weighted by atomic mass is 35.5. The van der Waals surface area contributed by atoms with E-state index in [1.165, 1.54) is 44.1 Å². The molecule has 0 aliphatic heterocycles. The minimum Gasteiger partial charge on any atom is -0.0843 e. The predicted octanol–water partition coefficient (Wildman–Crippen LogP) is 5.66. The molecule has 0 N–H and O–H groups in total. The van der Waals surface area contributed by atoms with Crippen LogP contribution in [-0.2, 0) is 0 Å². The second kappa shape index (κ2) is 5.25. The maximum Gasteiger partial charge on any atom is 0.0406 e. The summed E-state index contributed by atoms with van der Waals surface area (Å²) in [5.41, 5.74) is 1.51. The molecule has 0 amide bonds. The number of rotatable bonds is 1. The van der Waals surface area contributed by atoms with Gasteiger partial charge in [-0.15, -0.1) is 0 Å². The van der Waals surface area contributed by atoms with Gasteiger partial charge in [-0.3, -0.25) is 0 Å². The molecule has 98 valence electrons. The highest BCUT2D eigenvalue weighted by Crippen LogP contribution is 2.47. The van der Waals surface area contributed by atoms with Crippen LogP contribution in [0.4, 0.5) is 0 Å². The molecule has 2 aliphatic carbocycles. The fourth-order valence-corrected chi connectivity index (χ4v) is 4.29. The summed E-state index contributed by atoms with van der Waals surface area (Å²) in [7, 11) is 0. The Morgan fingerprint density at radius 3 is 2.33 bits per heavy atom. The summed E-state index contributed by atoms with van der Waals surface area (Å²) >= 11 is 5.98. The molecule has 1 aromatic rings. The summed E-state index contributed by atoms with van der Waals surface area (Å²) in [6, 6.07) is 8.56. The van der Waals surface area contributed by atoms with E-state index < -0.39 is 0 Å². The van der Waals surface area contributed by atoms with Gasteiger partial charge in [0, 0.05) is 5.02 Å². The van der Waals surface area contributed by atoms with E-state index in [0.717, 1.165) is 28.7 Å². The van der Waals surface area contributed by atoms with E-state index in [4.69, 9.17) is 11.6 Å². The molecular formula is C17H23Cl. The molecule has 1 heteroatoms. The first-order valence-corrected chi connectivity index (χ1v) is 7.85. The fourth-order valence-electron chi connectivity index (χ4n) is 4.16. The molecule has 18 heavy (non-hydrogen) atoms. The van der Waals surface area contributed by atoms with E-state index in [2.05, 4.69) is 19.1 Å². The quantitative estimate of drug-likeness (QED) is 0.613. The van der Waals surface area contributed by atoms with Crippen molar-refractivity contribution in [2.75, 3.05) is 0 Å². The van der Waals surface area contributed by atoms with Crippen molar-refractivity contribution in [3.05, 3.63) is 34.9 Å². The van der Waals surface area contributed by atoms with Crippen LogP contribution in [0.1, 0.15) is 56.9 Å². The number of halogens is 1. The first kappa shape index (κ1) is 12.5.